The molecular formula is C31H32ClN3O4. The number of carbonyl (C=O) groups is 3. The summed E-state index contributed by atoms with van der Waals surface area (Å²) in [5.74, 6) is -0.299. The van der Waals surface area contributed by atoms with Gasteiger partial charge in [-0.2, -0.15) is 0 Å². The van der Waals surface area contributed by atoms with Crippen LogP contribution >= 0.6 is 11.6 Å². The van der Waals surface area contributed by atoms with E-state index in [1.807, 2.05) is 75.4 Å². The largest absolute Gasteiger partial charge is 0.444 e. The number of nitrogens with one attached hydrogen (secondary N) is 1. The molecule has 1 saturated heterocycles. The number of rotatable bonds is 3. The Labute approximate surface area is 233 Å². The summed E-state index contributed by atoms with van der Waals surface area (Å²) in [6.45, 7) is 5.87. The van der Waals surface area contributed by atoms with Crippen LogP contribution in [0.25, 0.3) is 11.1 Å². The van der Waals surface area contributed by atoms with Crippen molar-refractivity contribution in [1.29, 1.82) is 0 Å². The van der Waals surface area contributed by atoms with Crippen LogP contribution in [0.4, 0.5) is 10.5 Å². The van der Waals surface area contributed by atoms with E-state index in [1.165, 1.54) is 4.90 Å². The first-order valence-electron chi connectivity index (χ1n) is 12.9. The number of hydrogen-bond donors (Lipinski definition) is 1. The van der Waals surface area contributed by atoms with Crippen LogP contribution in [0.2, 0.25) is 5.02 Å². The number of fused-ring (bicyclic) bond motifs is 2. The van der Waals surface area contributed by atoms with Gasteiger partial charge in [-0.25, -0.2) is 4.79 Å². The SMILES string of the molecule is CN(C)C(=O)c1ccc(-c2cccc([C@H]3N(C(=O)OC(C)(C)C)CC[C@]34C(=O)Nc3ccccc34)c2)cc1Cl. The van der Waals surface area contributed by atoms with Crippen molar-refractivity contribution in [2.24, 2.45) is 0 Å². The average molecular weight is 546 g/mol. The minimum absolute atomic E-state index is 0.125. The maximum atomic E-state index is 13.7. The fourth-order valence-corrected chi connectivity index (χ4v) is 5.93. The molecule has 3 aromatic carbocycles. The third kappa shape index (κ3) is 4.65. The molecular weight excluding hydrogens is 514 g/mol. The van der Waals surface area contributed by atoms with Crippen LogP contribution in [0.3, 0.4) is 0 Å². The minimum Gasteiger partial charge on any atom is -0.444 e. The molecule has 202 valence electrons. The van der Waals surface area contributed by atoms with E-state index in [-0.39, 0.29) is 11.8 Å². The van der Waals surface area contributed by atoms with E-state index >= 15 is 0 Å². The van der Waals surface area contributed by atoms with Gasteiger partial charge in [-0.05, 0) is 73.7 Å². The quantitative estimate of drug-likeness (QED) is 0.420. The molecule has 7 nitrogen and oxygen atoms in total. The molecule has 5 rings (SSSR count). The van der Waals surface area contributed by atoms with Gasteiger partial charge in [0, 0.05) is 26.3 Å². The average Bonchev–Trinajstić information content (AvgIpc) is 3.42. The number of likely N-dealkylation sites (tertiary alicyclic amines) is 1. The van der Waals surface area contributed by atoms with E-state index in [4.69, 9.17) is 16.3 Å². The number of nitrogens with zero attached hydrogens (tertiary/aromatic N) is 2. The number of benzene rings is 3. The smallest absolute Gasteiger partial charge is 0.410 e. The fourth-order valence-electron chi connectivity index (χ4n) is 5.66. The van der Waals surface area contributed by atoms with Crippen molar-refractivity contribution in [3.8, 4) is 11.1 Å². The first-order valence-corrected chi connectivity index (χ1v) is 13.3. The molecule has 3 aromatic rings. The Kier molecular flexibility index (Phi) is 6.67. The highest BCUT2D eigenvalue weighted by molar-refractivity contribution is 6.34. The third-order valence-corrected chi connectivity index (χ3v) is 7.67. The Morgan fingerprint density at radius 2 is 1.74 bits per heavy atom. The standard InChI is InChI=1S/C31H32ClN3O4/c1-30(2,3)39-29(38)35-16-15-31(23-11-6-7-12-25(23)33-28(31)37)26(35)21-10-8-9-19(17-21)20-13-14-22(24(32)18-20)27(36)34(4)5/h6-14,17-18,26H,15-16H2,1-5H3,(H,33,37)/t26-,31-/m1/s1. The van der Waals surface area contributed by atoms with E-state index in [0.29, 0.717) is 23.6 Å². The minimum atomic E-state index is -0.953. The van der Waals surface area contributed by atoms with Crippen LogP contribution in [0.5, 0.6) is 0 Å². The molecule has 0 unspecified atom stereocenters. The molecule has 3 amide bonds. The van der Waals surface area contributed by atoms with Crippen molar-refractivity contribution < 1.29 is 19.1 Å². The lowest BCUT2D eigenvalue weighted by Crippen LogP contribution is -2.44. The molecule has 1 fully saturated rings. The number of para-hydroxylation sites is 1. The van der Waals surface area contributed by atoms with Gasteiger partial charge in [0.25, 0.3) is 5.91 Å². The molecule has 2 aliphatic heterocycles. The van der Waals surface area contributed by atoms with E-state index in [1.54, 1.807) is 31.1 Å². The predicted molar refractivity (Wildman–Crippen MR) is 152 cm³/mol. The second-order valence-corrected chi connectivity index (χ2v) is 11.7. The van der Waals surface area contributed by atoms with Crippen LogP contribution < -0.4 is 5.32 Å². The van der Waals surface area contributed by atoms with E-state index in [0.717, 1.165) is 27.9 Å². The summed E-state index contributed by atoms with van der Waals surface area (Å²) in [4.78, 5) is 42.8. The van der Waals surface area contributed by atoms with Gasteiger partial charge in [0.15, 0.2) is 0 Å². The van der Waals surface area contributed by atoms with E-state index < -0.39 is 23.2 Å². The maximum Gasteiger partial charge on any atom is 0.410 e. The Morgan fingerprint density at radius 1 is 1.03 bits per heavy atom. The van der Waals surface area contributed by atoms with Gasteiger partial charge < -0.3 is 15.0 Å². The zero-order chi connectivity index (χ0) is 28.1. The Morgan fingerprint density at radius 3 is 2.44 bits per heavy atom. The Bertz CT molecular complexity index is 1480. The molecule has 1 spiro atoms. The highest BCUT2D eigenvalue weighted by Gasteiger charge is 2.60. The van der Waals surface area contributed by atoms with Crippen molar-refractivity contribution >= 4 is 35.2 Å². The van der Waals surface area contributed by atoms with Gasteiger partial charge in [0.1, 0.15) is 11.0 Å². The van der Waals surface area contributed by atoms with Gasteiger partial charge in [-0.15, -0.1) is 0 Å². The Hall–Kier alpha value is -3.84. The molecule has 8 heteroatoms. The summed E-state index contributed by atoms with van der Waals surface area (Å²) in [6.07, 6.45) is 0.0125. The molecule has 2 atom stereocenters. The van der Waals surface area contributed by atoms with Crippen molar-refractivity contribution in [1.82, 2.24) is 9.80 Å². The van der Waals surface area contributed by atoms with Crippen molar-refractivity contribution in [2.45, 2.75) is 44.2 Å². The lowest BCUT2D eigenvalue weighted by molar-refractivity contribution is -0.121. The van der Waals surface area contributed by atoms with E-state index in [9.17, 15) is 14.4 Å². The van der Waals surface area contributed by atoms with Crippen LogP contribution in [-0.4, -0.2) is 53.9 Å². The maximum absolute atomic E-state index is 13.7. The zero-order valence-corrected chi connectivity index (χ0v) is 23.5. The van der Waals surface area contributed by atoms with Gasteiger partial charge in [-0.1, -0.05) is 54.1 Å². The van der Waals surface area contributed by atoms with E-state index in [2.05, 4.69) is 5.32 Å². The number of hydrogen-bond acceptors (Lipinski definition) is 4. The van der Waals surface area contributed by atoms with Crippen LogP contribution in [0.15, 0.2) is 66.7 Å². The summed E-state index contributed by atoms with van der Waals surface area (Å²) >= 11 is 6.52. The van der Waals surface area contributed by atoms with Crippen molar-refractivity contribution in [3.63, 3.8) is 0 Å². The molecule has 0 saturated carbocycles. The molecule has 0 aromatic heterocycles. The molecule has 2 aliphatic rings. The molecule has 0 radical (unpaired) electrons. The first kappa shape index (κ1) is 26.8. The summed E-state index contributed by atoms with van der Waals surface area (Å²) in [6, 6.07) is 20.2. The van der Waals surface area contributed by atoms with Crippen molar-refractivity contribution in [2.75, 3.05) is 26.0 Å². The van der Waals surface area contributed by atoms with Gasteiger partial charge >= 0.3 is 6.09 Å². The molecule has 39 heavy (non-hydrogen) atoms. The third-order valence-electron chi connectivity index (χ3n) is 7.36. The van der Waals surface area contributed by atoms with Crippen LogP contribution in [0, 0.1) is 0 Å². The topological polar surface area (TPSA) is 79.0 Å². The lowest BCUT2D eigenvalue weighted by atomic mass is 9.72. The van der Waals surface area contributed by atoms with Crippen LogP contribution in [-0.2, 0) is 14.9 Å². The highest BCUT2D eigenvalue weighted by atomic mass is 35.5. The predicted octanol–water partition coefficient (Wildman–Crippen LogP) is 6.28. The van der Waals surface area contributed by atoms with Gasteiger partial charge in [0.2, 0.25) is 5.91 Å². The van der Waals surface area contributed by atoms with Crippen molar-refractivity contribution in [3.05, 3.63) is 88.4 Å². The lowest BCUT2D eigenvalue weighted by Gasteiger charge is -2.35. The van der Waals surface area contributed by atoms with Gasteiger partial charge in [-0.3, -0.25) is 14.5 Å². The summed E-state index contributed by atoms with van der Waals surface area (Å²) < 4.78 is 5.79. The molecule has 2 heterocycles. The van der Waals surface area contributed by atoms with Gasteiger partial charge in [0.05, 0.1) is 16.6 Å². The normalized spacial score (nSPS) is 20.1. The molecule has 0 aliphatic carbocycles. The second-order valence-electron chi connectivity index (χ2n) is 11.3. The zero-order valence-electron chi connectivity index (χ0n) is 22.7. The molecule has 0 bridgehead atoms. The second kappa shape index (κ2) is 9.72. The summed E-state index contributed by atoms with van der Waals surface area (Å²) in [5, 5.41) is 3.40. The number of halogens is 1. The number of amides is 3. The number of ether oxygens (including phenoxy) is 1. The highest BCUT2D eigenvalue weighted by Crippen LogP contribution is 2.55. The Balaban J connectivity index is 1.61. The monoisotopic (exact) mass is 545 g/mol. The summed E-state index contributed by atoms with van der Waals surface area (Å²) in [5.41, 5.74) is 2.93. The number of anilines is 1. The first-order chi connectivity index (χ1) is 18.4. The fraction of sp³-hybridized carbons (Fsp3) is 0.323. The van der Waals surface area contributed by atoms with Crippen LogP contribution in [0.1, 0.15) is 54.7 Å². The number of carbonyl (C=O) groups excluding carboxylic acids is 3. The summed E-state index contributed by atoms with van der Waals surface area (Å²) in [7, 11) is 3.36. The molecule has 1 N–H and O–H groups in total.